The van der Waals surface area contributed by atoms with Gasteiger partial charge in [-0.15, -0.1) is 0 Å². The lowest BCUT2D eigenvalue weighted by Crippen LogP contribution is -2.39. The highest BCUT2D eigenvalue weighted by atomic mass is 16.5. The number of benzene rings is 2. The highest BCUT2D eigenvalue weighted by Gasteiger charge is 2.32. The molecule has 21 heavy (non-hydrogen) atoms. The van der Waals surface area contributed by atoms with Crippen LogP contribution in [0.3, 0.4) is 0 Å². The zero-order chi connectivity index (χ0) is 14.8. The van der Waals surface area contributed by atoms with Gasteiger partial charge in [-0.05, 0) is 42.6 Å². The second kappa shape index (κ2) is 6.07. The molecule has 0 aliphatic heterocycles. The van der Waals surface area contributed by atoms with E-state index in [0.717, 1.165) is 30.4 Å². The minimum atomic E-state index is -0.348. The van der Waals surface area contributed by atoms with Gasteiger partial charge in [0, 0.05) is 5.39 Å². The maximum Gasteiger partial charge on any atom is 0.127 e. The van der Waals surface area contributed by atoms with Crippen molar-refractivity contribution < 1.29 is 9.84 Å². The average molecular weight is 284 g/mol. The van der Waals surface area contributed by atoms with Crippen molar-refractivity contribution in [3.05, 3.63) is 42.5 Å². The molecule has 1 aliphatic rings. The van der Waals surface area contributed by atoms with Crippen LogP contribution in [-0.2, 0) is 0 Å². The summed E-state index contributed by atoms with van der Waals surface area (Å²) >= 11 is 0. The molecule has 1 N–H and O–H groups in total. The highest BCUT2D eigenvalue weighted by Crippen LogP contribution is 2.34. The van der Waals surface area contributed by atoms with Gasteiger partial charge < -0.3 is 9.84 Å². The maximum atomic E-state index is 10.3. The van der Waals surface area contributed by atoms with Crippen molar-refractivity contribution in [2.24, 2.45) is 11.8 Å². The third kappa shape index (κ3) is 3.06. The summed E-state index contributed by atoms with van der Waals surface area (Å²) in [4.78, 5) is 0. The molecule has 3 unspecified atom stereocenters. The van der Waals surface area contributed by atoms with Gasteiger partial charge in [0.25, 0.3) is 0 Å². The Bertz CT molecular complexity index is 600. The molecule has 0 spiro atoms. The predicted octanol–water partition coefficient (Wildman–Crippen LogP) is 4.40. The zero-order valence-electron chi connectivity index (χ0n) is 12.8. The summed E-state index contributed by atoms with van der Waals surface area (Å²) in [6.45, 7) is 4.52. The van der Waals surface area contributed by atoms with Gasteiger partial charge in [0.2, 0.25) is 0 Å². The van der Waals surface area contributed by atoms with Crippen LogP contribution in [0.2, 0.25) is 0 Å². The molecule has 0 amide bonds. The summed E-state index contributed by atoms with van der Waals surface area (Å²) < 4.78 is 6.21. The van der Waals surface area contributed by atoms with Crippen molar-refractivity contribution >= 4 is 10.8 Å². The molecular weight excluding hydrogens is 260 g/mol. The Kier molecular flexibility index (Phi) is 4.16. The van der Waals surface area contributed by atoms with Crippen molar-refractivity contribution in [2.75, 3.05) is 0 Å². The average Bonchev–Trinajstić information content (AvgIpc) is 2.49. The van der Waals surface area contributed by atoms with E-state index < -0.39 is 0 Å². The first-order valence-electron chi connectivity index (χ1n) is 7.97. The van der Waals surface area contributed by atoms with Crippen molar-refractivity contribution in [1.29, 1.82) is 0 Å². The molecule has 3 atom stereocenters. The van der Waals surface area contributed by atoms with Gasteiger partial charge in [0.1, 0.15) is 11.9 Å². The van der Waals surface area contributed by atoms with Crippen LogP contribution in [0.4, 0.5) is 0 Å². The first-order chi connectivity index (χ1) is 10.1. The number of fused-ring (bicyclic) bond motifs is 1. The zero-order valence-corrected chi connectivity index (χ0v) is 12.8. The fraction of sp³-hybridized carbons (Fsp3) is 0.474. The van der Waals surface area contributed by atoms with E-state index in [-0.39, 0.29) is 12.2 Å². The van der Waals surface area contributed by atoms with E-state index in [1.54, 1.807) is 0 Å². The number of rotatable bonds is 3. The van der Waals surface area contributed by atoms with Gasteiger partial charge >= 0.3 is 0 Å². The van der Waals surface area contributed by atoms with Crippen molar-refractivity contribution in [1.82, 2.24) is 0 Å². The van der Waals surface area contributed by atoms with E-state index >= 15 is 0 Å². The highest BCUT2D eigenvalue weighted by molar-refractivity contribution is 5.88. The third-order valence-electron chi connectivity index (χ3n) is 4.77. The summed E-state index contributed by atoms with van der Waals surface area (Å²) in [6.07, 6.45) is 2.46. The molecule has 0 heterocycles. The summed E-state index contributed by atoms with van der Waals surface area (Å²) in [5.74, 6) is 2.19. The van der Waals surface area contributed by atoms with Crippen LogP contribution in [0, 0.1) is 11.8 Å². The molecule has 0 bridgehead atoms. The second-order valence-electron chi connectivity index (χ2n) is 6.52. The Morgan fingerprint density at radius 2 is 1.81 bits per heavy atom. The van der Waals surface area contributed by atoms with Crippen LogP contribution >= 0.6 is 0 Å². The van der Waals surface area contributed by atoms with Gasteiger partial charge in [-0.2, -0.15) is 0 Å². The molecule has 2 nitrogen and oxygen atoms in total. The molecule has 0 aromatic heterocycles. The molecule has 2 heteroatoms. The quantitative estimate of drug-likeness (QED) is 0.905. The van der Waals surface area contributed by atoms with Crippen molar-refractivity contribution in [3.8, 4) is 5.75 Å². The standard InChI is InChI=1S/C19H24O2/c1-13(2)15-10-11-17(20)19(12-15)21-18-9-5-7-14-6-3-4-8-16(14)18/h3-9,13,15,17,19-20H,10-12H2,1-2H3. The van der Waals surface area contributed by atoms with Crippen LogP contribution in [0.1, 0.15) is 33.1 Å². The van der Waals surface area contributed by atoms with Crippen LogP contribution in [0.25, 0.3) is 10.8 Å². The number of hydrogen-bond acceptors (Lipinski definition) is 2. The Morgan fingerprint density at radius 3 is 2.62 bits per heavy atom. The molecule has 0 radical (unpaired) electrons. The van der Waals surface area contributed by atoms with Crippen molar-refractivity contribution in [3.63, 3.8) is 0 Å². The summed E-state index contributed by atoms with van der Waals surface area (Å²) in [7, 11) is 0. The Morgan fingerprint density at radius 1 is 1.05 bits per heavy atom. The second-order valence-corrected chi connectivity index (χ2v) is 6.52. The van der Waals surface area contributed by atoms with Crippen molar-refractivity contribution in [2.45, 2.75) is 45.3 Å². The molecular formula is C19H24O2. The molecule has 1 saturated carbocycles. The van der Waals surface area contributed by atoms with Gasteiger partial charge in [-0.3, -0.25) is 0 Å². The third-order valence-corrected chi connectivity index (χ3v) is 4.77. The van der Waals surface area contributed by atoms with Gasteiger partial charge in [0.05, 0.1) is 6.10 Å². The first-order valence-corrected chi connectivity index (χ1v) is 7.97. The molecule has 112 valence electrons. The van der Waals surface area contributed by atoms with Crippen LogP contribution in [0.15, 0.2) is 42.5 Å². The van der Waals surface area contributed by atoms with E-state index in [9.17, 15) is 5.11 Å². The fourth-order valence-corrected chi connectivity index (χ4v) is 3.34. The number of hydrogen-bond donors (Lipinski definition) is 1. The molecule has 1 aliphatic carbocycles. The predicted molar refractivity (Wildman–Crippen MR) is 86.5 cm³/mol. The SMILES string of the molecule is CC(C)C1CCC(O)C(Oc2cccc3ccccc23)C1. The Labute approximate surface area is 126 Å². The van der Waals surface area contributed by atoms with Crippen LogP contribution in [0.5, 0.6) is 5.75 Å². The molecule has 0 saturated heterocycles. The number of aliphatic hydroxyl groups is 1. The number of aliphatic hydroxyl groups excluding tert-OH is 1. The minimum Gasteiger partial charge on any atom is -0.487 e. The summed E-state index contributed by atoms with van der Waals surface area (Å²) in [6, 6.07) is 14.4. The molecule has 2 aromatic rings. The molecule has 1 fully saturated rings. The Balaban J connectivity index is 1.83. The van der Waals surface area contributed by atoms with E-state index in [2.05, 4.69) is 32.0 Å². The minimum absolute atomic E-state index is 0.0862. The molecule has 3 rings (SSSR count). The van der Waals surface area contributed by atoms with E-state index in [4.69, 9.17) is 4.74 Å². The normalized spacial score (nSPS) is 26.2. The van der Waals surface area contributed by atoms with E-state index in [1.807, 2.05) is 24.3 Å². The largest absolute Gasteiger partial charge is 0.487 e. The smallest absolute Gasteiger partial charge is 0.127 e. The van der Waals surface area contributed by atoms with Gasteiger partial charge in [-0.25, -0.2) is 0 Å². The maximum absolute atomic E-state index is 10.3. The lowest BCUT2D eigenvalue weighted by atomic mass is 9.79. The molecule has 2 aromatic carbocycles. The topological polar surface area (TPSA) is 29.5 Å². The van der Waals surface area contributed by atoms with Gasteiger partial charge in [-0.1, -0.05) is 50.2 Å². The Hall–Kier alpha value is -1.54. The van der Waals surface area contributed by atoms with Crippen LogP contribution < -0.4 is 4.74 Å². The lowest BCUT2D eigenvalue weighted by Gasteiger charge is -2.35. The van der Waals surface area contributed by atoms with E-state index in [0.29, 0.717) is 11.8 Å². The van der Waals surface area contributed by atoms with E-state index in [1.165, 1.54) is 5.39 Å². The van der Waals surface area contributed by atoms with Crippen LogP contribution in [-0.4, -0.2) is 17.3 Å². The fourth-order valence-electron chi connectivity index (χ4n) is 3.34. The number of ether oxygens (including phenoxy) is 1. The summed E-state index contributed by atoms with van der Waals surface area (Å²) in [5.41, 5.74) is 0. The summed E-state index contributed by atoms with van der Waals surface area (Å²) in [5, 5.41) is 12.6. The monoisotopic (exact) mass is 284 g/mol. The van der Waals surface area contributed by atoms with Gasteiger partial charge in [0.15, 0.2) is 0 Å². The first kappa shape index (κ1) is 14.4. The lowest BCUT2D eigenvalue weighted by molar-refractivity contribution is -0.0169.